The highest BCUT2D eigenvalue weighted by molar-refractivity contribution is 7.99. The smallest absolute Gasteiger partial charge is 0.144 e. The number of hydrogen-bond acceptors (Lipinski definition) is 4. The van der Waals surface area contributed by atoms with Crippen molar-refractivity contribution in [1.82, 2.24) is 4.72 Å². The molecule has 0 bridgehead atoms. The van der Waals surface area contributed by atoms with E-state index in [-0.39, 0.29) is 11.2 Å². The highest BCUT2D eigenvalue weighted by Crippen LogP contribution is 2.50. The molecular formula is C16H25NO2S. The van der Waals surface area contributed by atoms with E-state index >= 15 is 0 Å². The third kappa shape index (κ3) is 2.82. The Bertz CT molecular complexity index is 407. The molecule has 0 aromatic heterocycles. The van der Waals surface area contributed by atoms with Gasteiger partial charge in [-0.2, -0.15) is 0 Å². The standard InChI is InChI=1S/C16H25NO2S/c1-9(18)12-4-3-5-13(8-12)15-14(11-6-7-11)16(10(2)19)20-17-15/h11-17H,3-8H2,1-2H3. The van der Waals surface area contributed by atoms with Gasteiger partial charge < -0.3 is 0 Å². The summed E-state index contributed by atoms with van der Waals surface area (Å²) in [5.41, 5.74) is 0. The maximum Gasteiger partial charge on any atom is 0.144 e. The van der Waals surface area contributed by atoms with Crippen molar-refractivity contribution in [3.63, 3.8) is 0 Å². The molecule has 3 rings (SSSR count). The molecule has 3 nitrogen and oxygen atoms in total. The van der Waals surface area contributed by atoms with Crippen molar-refractivity contribution in [3.8, 4) is 0 Å². The Morgan fingerprint density at radius 1 is 1.00 bits per heavy atom. The van der Waals surface area contributed by atoms with Crippen LogP contribution in [0.3, 0.4) is 0 Å². The second-order valence-corrected chi connectivity index (χ2v) is 7.92. The minimum atomic E-state index is 0.144. The van der Waals surface area contributed by atoms with Gasteiger partial charge in [-0.3, -0.25) is 14.3 Å². The van der Waals surface area contributed by atoms with Crippen LogP contribution < -0.4 is 4.72 Å². The second kappa shape index (κ2) is 5.80. The van der Waals surface area contributed by atoms with E-state index in [4.69, 9.17) is 0 Å². The Labute approximate surface area is 125 Å². The van der Waals surface area contributed by atoms with Gasteiger partial charge in [-0.05, 0) is 63.7 Å². The van der Waals surface area contributed by atoms with Crippen molar-refractivity contribution in [2.45, 2.75) is 63.7 Å². The highest BCUT2D eigenvalue weighted by atomic mass is 32.2. The first-order valence-electron chi connectivity index (χ1n) is 8.00. The third-order valence-electron chi connectivity index (χ3n) is 5.46. The number of carbonyl (C=O) groups excluding carboxylic acids is 2. The molecule has 3 fully saturated rings. The number of Topliss-reactive ketones (excluding diaryl/α,β-unsaturated/α-hetero) is 2. The molecule has 2 aliphatic carbocycles. The monoisotopic (exact) mass is 295 g/mol. The molecule has 0 aromatic rings. The topological polar surface area (TPSA) is 46.2 Å². The van der Waals surface area contributed by atoms with Crippen LogP contribution in [-0.2, 0) is 9.59 Å². The molecule has 1 aliphatic heterocycles. The molecule has 5 atom stereocenters. The van der Waals surface area contributed by atoms with Gasteiger partial charge in [0.2, 0.25) is 0 Å². The van der Waals surface area contributed by atoms with Crippen molar-refractivity contribution in [3.05, 3.63) is 0 Å². The lowest BCUT2D eigenvalue weighted by Crippen LogP contribution is -2.40. The summed E-state index contributed by atoms with van der Waals surface area (Å²) >= 11 is 1.65. The molecule has 0 aromatic carbocycles. The minimum Gasteiger partial charge on any atom is -0.300 e. The predicted molar refractivity (Wildman–Crippen MR) is 81.3 cm³/mol. The summed E-state index contributed by atoms with van der Waals surface area (Å²) in [6.07, 6.45) is 7.05. The van der Waals surface area contributed by atoms with Gasteiger partial charge in [0.1, 0.15) is 11.6 Å². The van der Waals surface area contributed by atoms with Crippen LogP contribution in [0.5, 0.6) is 0 Å². The van der Waals surface area contributed by atoms with E-state index in [2.05, 4.69) is 4.72 Å². The lowest BCUT2D eigenvalue weighted by Gasteiger charge is -2.35. The summed E-state index contributed by atoms with van der Waals surface area (Å²) in [6.45, 7) is 3.47. The average Bonchev–Trinajstić information content (AvgIpc) is 3.16. The highest BCUT2D eigenvalue weighted by Gasteiger charge is 2.50. The maximum atomic E-state index is 11.9. The molecule has 0 amide bonds. The molecule has 20 heavy (non-hydrogen) atoms. The first-order valence-corrected chi connectivity index (χ1v) is 8.88. The Balaban J connectivity index is 1.72. The van der Waals surface area contributed by atoms with Crippen LogP contribution in [0, 0.1) is 23.7 Å². The molecule has 4 heteroatoms. The van der Waals surface area contributed by atoms with Crippen LogP contribution in [-0.4, -0.2) is 22.9 Å². The van der Waals surface area contributed by atoms with Crippen LogP contribution in [0.15, 0.2) is 0 Å². The molecule has 112 valence electrons. The lowest BCUT2D eigenvalue weighted by molar-refractivity contribution is -0.122. The van der Waals surface area contributed by atoms with Gasteiger partial charge in [0, 0.05) is 12.0 Å². The van der Waals surface area contributed by atoms with Gasteiger partial charge in [-0.1, -0.05) is 18.4 Å². The van der Waals surface area contributed by atoms with Crippen LogP contribution in [0.1, 0.15) is 52.4 Å². The Morgan fingerprint density at radius 2 is 1.75 bits per heavy atom. The van der Waals surface area contributed by atoms with Gasteiger partial charge in [0.05, 0.1) is 5.25 Å². The van der Waals surface area contributed by atoms with E-state index in [1.54, 1.807) is 25.8 Å². The zero-order valence-electron chi connectivity index (χ0n) is 12.4. The van der Waals surface area contributed by atoms with Crippen LogP contribution in [0.4, 0.5) is 0 Å². The minimum absolute atomic E-state index is 0.144. The van der Waals surface area contributed by atoms with E-state index in [1.807, 2.05) is 0 Å². The summed E-state index contributed by atoms with van der Waals surface area (Å²) in [7, 11) is 0. The average molecular weight is 295 g/mol. The number of rotatable bonds is 4. The molecule has 1 saturated heterocycles. The number of hydrogen-bond donors (Lipinski definition) is 1. The SMILES string of the molecule is CC(=O)C1CCCC(C2NSC(C(C)=O)C2C2CC2)C1. The first kappa shape index (κ1) is 14.6. The quantitative estimate of drug-likeness (QED) is 0.810. The van der Waals surface area contributed by atoms with Gasteiger partial charge in [0.15, 0.2) is 0 Å². The predicted octanol–water partition coefficient (Wildman–Crippen LogP) is 2.99. The molecule has 0 spiro atoms. The summed E-state index contributed by atoms with van der Waals surface area (Å²) in [5, 5.41) is 0.144. The summed E-state index contributed by atoms with van der Waals surface area (Å²) in [5.74, 6) is 2.77. The second-order valence-electron chi connectivity index (χ2n) is 6.94. The Kier molecular flexibility index (Phi) is 4.23. The van der Waals surface area contributed by atoms with Crippen molar-refractivity contribution in [1.29, 1.82) is 0 Å². The fraction of sp³-hybridized carbons (Fsp3) is 0.875. The van der Waals surface area contributed by atoms with E-state index in [1.165, 1.54) is 25.7 Å². The van der Waals surface area contributed by atoms with E-state index in [0.29, 0.717) is 29.4 Å². The van der Waals surface area contributed by atoms with Crippen LogP contribution in [0.25, 0.3) is 0 Å². The summed E-state index contributed by atoms with van der Waals surface area (Å²) in [4.78, 5) is 23.6. The van der Waals surface area contributed by atoms with Gasteiger partial charge in [-0.15, -0.1) is 0 Å². The lowest BCUT2D eigenvalue weighted by atomic mass is 9.72. The zero-order chi connectivity index (χ0) is 14.3. The van der Waals surface area contributed by atoms with Crippen molar-refractivity contribution < 1.29 is 9.59 Å². The van der Waals surface area contributed by atoms with E-state index in [0.717, 1.165) is 18.8 Å². The maximum absolute atomic E-state index is 11.9. The molecule has 0 radical (unpaired) electrons. The van der Waals surface area contributed by atoms with E-state index < -0.39 is 0 Å². The first-order chi connectivity index (χ1) is 9.58. The fourth-order valence-electron chi connectivity index (χ4n) is 4.21. The molecule has 5 unspecified atom stereocenters. The summed E-state index contributed by atoms with van der Waals surface area (Å²) in [6, 6.07) is 0.448. The normalized spacial score (nSPS) is 41.6. The van der Waals surface area contributed by atoms with Gasteiger partial charge in [-0.25, -0.2) is 0 Å². The van der Waals surface area contributed by atoms with Crippen molar-refractivity contribution >= 4 is 23.5 Å². The molecule has 2 saturated carbocycles. The Hall–Kier alpha value is -0.350. The third-order valence-corrected chi connectivity index (χ3v) is 6.77. The van der Waals surface area contributed by atoms with Gasteiger partial charge >= 0.3 is 0 Å². The van der Waals surface area contributed by atoms with Gasteiger partial charge in [0.25, 0.3) is 0 Å². The molecule has 1 heterocycles. The Morgan fingerprint density at radius 3 is 2.35 bits per heavy atom. The molecule has 3 aliphatic rings. The fourth-order valence-corrected chi connectivity index (χ4v) is 5.57. The van der Waals surface area contributed by atoms with Crippen LogP contribution in [0.2, 0.25) is 0 Å². The molecule has 1 N–H and O–H groups in total. The number of nitrogens with one attached hydrogen (secondary N) is 1. The summed E-state index contributed by atoms with van der Waals surface area (Å²) < 4.78 is 3.57. The molecular weight excluding hydrogens is 270 g/mol. The van der Waals surface area contributed by atoms with E-state index in [9.17, 15) is 9.59 Å². The number of carbonyl (C=O) groups is 2. The van der Waals surface area contributed by atoms with Crippen molar-refractivity contribution in [2.75, 3.05) is 0 Å². The zero-order valence-corrected chi connectivity index (χ0v) is 13.2. The van der Waals surface area contributed by atoms with Crippen LogP contribution >= 0.6 is 11.9 Å². The largest absolute Gasteiger partial charge is 0.300 e. The number of ketones is 2. The van der Waals surface area contributed by atoms with Crippen molar-refractivity contribution in [2.24, 2.45) is 23.7 Å².